The van der Waals surface area contributed by atoms with Crippen LogP contribution in [0.1, 0.15) is 27.2 Å². The lowest BCUT2D eigenvalue weighted by atomic mass is 9.95. The van der Waals surface area contributed by atoms with E-state index in [1.807, 2.05) is 0 Å². The highest BCUT2D eigenvalue weighted by Gasteiger charge is 2.50. The fourth-order valence-electron chi connectivity index (χ4n) is 3.07. The van der Waals surface area contributed by atoms with Crippen LogP contribution < -0.4 is 0 Å². The van der Waals surface area contributed by atoms with E-state index in [2.05, 4.69) is 27.6 Å². The molecule has 8 nitrogen and oxygen atoms in total. The Balaban J connectivity index is 2.42. The minimum absolute atomic E-state index is 0.109. The molecule has 1 fully saturated rings. The van der Waals surface area contributed by atoms with E-state index in [1.165, 1.54) is 32.5 Å². The van der Waals surface area contributed by atoms with E-state index in [0.717, 1.165) is 4.90 Å². The molecule has 0 radical (unpaired) electrons. The van der Waals surface area contributed by atoms with Gasteiger partial charge in [0.1, 0.15) is 19.3 Å². The highest BCUT2D eigenvalue weighted by molar-refractivity contribution is 9.10. The molecule has 11 heteroatoms. The number of ether oxygens (including phenoxy) is 4. The van der Waals surface area contributed by atoms with Crippen molar-refractivity contribution >= 4 is 63.9 Å². The summed E-state index contributed by atoms with van der Waals surface area (Å²) >= 11 is 10.8. The van der Waals surface area contributed by atoms with Crippen LogP contribution >= 0.6 is 39.3 Å². The molecule has 0 amide bonds. The molecule has 1 saturated heterocycles. The number of esters is 3. The summed E-state index contributed by atoms with van der Waals surface area (Å²) in [6.07, 6.45) is -1.45. The Kier molecular flexibility index (Phi) is 9.35. The van der Waals surface area contributed by atoms with E-state index >= 15 is 0 Å². The summed E-state index contributed by atoms with van der Waals surface area (Å²) in [6.45, 7) is 7.16. The maximum Gasteiger partial charge on any atom is 0.303 e. The summed E-state index contributed by atoms with van der Waals surface area (Å²) in [5.74, 6) is -1.53. The van der Waals surface area contributed by atoms with Gasteiger partial charge >= 0.3 is 17.9 Å². The van der Waals surface area contributed by atoms with Crippen molar-refractivity contribution in [3.63, 3.8) is 0 Å². The molecular formula is C20H23BrClNO7S. The molecule has 0 aliphatic carbocycles. The van der Waals surface area contributed by atoms with Gasteiger partial charge in [-0.1, -0.05) is 23.4 Å². The van der Waals surface area contributed by atoms with Crippen molar-refractivity contribution in [2.75, 3.05) is 13.2 Å². The van der Waals surface area contributed by atoms with Crippen LogP contribution in [0.25, 0.3) is 0 Å². The maximum atomic E-state index is 11.7. The highest BCUT2D eigenvalue weighted by atomic mass is 79.9. The number of thioether (sulfide) groups is 1. The number of halogens is 2. The third-order valence-electron chi connectivity index (χ3n) is 4.31. The average Bonchev–Trinajstić information content (AvgIpc) is 2.69. The first kappa shape index (κ1) is 25.6. The predicted octanol–water partition coefficient (Wildman–Crippen LogP) is 3.81. The van der Waals surface area contributed by atoms with Crippen molar-refractivity contribution in [3.05, 3.63) is 27.7 Å². The van der Waals surface area contributed by atoms with Crippen molar-refractivity contribution < 1.29 is 33.3 Å². The molecule has 0 bridgehead atoms. The van der Waals surface area contributed by atoms with Gasteiger partial charge in [-0.05, 0) is 40.8 Å². The van der Waals surface area contributed by atoms with Crippen molar-refractivity contribution in [3.8, 4) is 0 Å². The Morgan fingerprint density at radius 2 is 1.94 bits per heavy atom. The largest absolute Gasteiger partial charge is 0.463 e. The second kappa shape index (κ2) is 11.3. The average molecular weight is 537 g/mol. The third kappa shape index (κ3) is 7.48. The molecule has 0 N–H and O–H groups in total. The Morgan fingerprint density at radius 1 is 1.26 bits per heavy atom. The number of hydrogen-bond acceptors (Lipinski definition) is 9. The molecule has 2 rings (SSSR count). The SMILES string of the molecule is C=NC1CC(COC(C)=O)(Sc2ccc(Cl)c(Br)c2)OC(COC(C)=O)[C@@H]1OC(C)=O. The maximum absolute atomic E-state index is 11.7. The predicted molar refractivity (Wildman–Crippen MR) is 119 cm³/mol. The third-order valence-corrected chi connectivity index (χ3v) is 6.77. The number of carbonyl (C=O) groups is 3. The summed E-state index contributed by atoms with van der Waals surface area (Å²) in [7, 11) is 0. The van der Waals surface area contributed by atoms with Crippen LogP contribution in [-0.2, 0) is 33.3 Å². The minimum Gasteiger partial charge on any atom is -0.463 e. The molecule has 4 atom stereocenters. The zero-order valence-electron chi connectivity index (χ0n) is 17.3. The quantitative estimate of drug-likeness (QED) is 0.281. The number of hydrogen-bond donors (Lipinski definition) is 0. The molecule has 0 spiro atoms. The van der Waals surface area contributed by atoms with Gasteiger partial charge in [0.15, 0.2) is 11.0 Å². The number of nitrogens with zero attached hydrogens (tertiary/aromatic N) is 1. The molecule has 1 aliphatic heterocycles. The second-order valence-corrected chi connectivity index (χ2v) is 9.54. The second-order valence-electron chi connectivity index (χ2n) is 6.86. The molecule has 1 heterocycles. The van der Waals surface area contributed by atoms with Gasteiger partial charge < -0.3 is 18.9 Å². The number of benzene rings is 1. The van der Waals surface area contributed by atoms with Crippen molar-refractivity contribution in [1.82, 2.24) is 0 Å². The Bertz CT molecular complexity index is 855. The smallest absolute Gasteiger partial charge is 0.303 e. The normalized spacial score (nSPS) is 25.4. The monoisotopic (exact) mass is 535 g/mol. The molecule has 170 valence electrons. The molecule has 1 aromatic rings. The summed E-state index contributed by atoms with van der Waals surface area (Å²) in [6, 6.07) is 4.74. The van der Waals surface area contributed by atoms with Crippen LogP contribution in [0.2, 0.25) is 5.02 Å². The number of rotatable bonds is 8. The summed E-state index contributed by atoms with van der Waals surface area (Å²) in [5, 5.41) is 0.538. The van der Waals surface area contributed by atoms with Crippen LogP contribution in [0, 0.1) is 0 Å². The fourth-order valence-corrected chi connectivity index (χ4v) is 5.01. The van der Waals surface area contributed by atoms with E-state index in [9.17, 15) is 14.4 Å². The van der Waals surface area contributed by atoms with Gasteiger partial charge in [-0.15, -0.1) is 0 Å². The first-order chi connectivity index (χ1) is 14.5. The molecule has 0 saturated carbocycles. The van der Waals surface area contributed by atoms with Gasteiger partial charge in [-0.3, -0.25) is 19.4 Å². The number of aliphatic imine (C=N–C) groups is 1. The van der Waals surface area contributed by atoms with Gasteiger partial charge in [0.25, 0.3) is 0 Å². The Hall–Kier alpha value is -1.62. The first-order valence-electron chi connectivity index (χ1n) is 9.27. The molecule has 3 unspecified atom stereocenters. The van der Waals surface area contributed by atoms with Crippen molar-refractivity contribution in [2.45, 2.75) is 55.3 Å². The molecule has 31 heavy (non-hydrogen) atoms. The minimum atomic E-state index is -1.10. The van der Waals surface area contributed by atoms with Crippen molar-refractivity contribution in [1.29, 1.82) is 0 Å². The van der Waals surface area contributed by atoms with Crippen molar-refractivity contribution in [2.24, 2.45) is 4.99 Å². The topological polar surface area (TPSA) is 100 Å². The standard InChI is InChI=1S/C20H23BrClNO7S/c1-11(24)27-9-18-19(29-13(3)26)17(23-4)8-20(30-18,10-28-12(2)25)31-14-5-6-16(22)15(21)7-14/h5-7,17-19H,4,8-10H2,1-3H3/t17?,18?,19-,20?/m1/s1. The summed E-state index contributed by atoms with van der Waals surface area (Å²) in [4.78, 5) is 38.4. The van der Waals surface area contributed by atoms with Crippen LogP contribution in [0.3, 0.4) is 0 Å². The zero-order valence-corrected chi connectivity index (χ0v) is 20.4. The van der Waals surface area contributed by atoms with Gasteiger partial charge in [-0.25, -0.2) is 0 Å². The van der Waals surface area contributed by atoms with Crippen LogP contribution in [0.5, 0.6) is 0 Å². The fraction of sp³-hybridized carbons (Fsp3) is 0.500. The Morgan fingerprint density at radius 3 is 2.48 bits per heavy atom. The number of carbonyl (C=O) groups excluding carboxylic acids is 3. The van der Waals surface area contributed by atoms with E-state index in [4.69, 9.17) is 30.5 Å². The summed E-state index contributed by atoms with van der Waals surface area (Å²) < 4.78 is 22.8. The Labute approximate surface area is 198 Å². The van der Waals surface area contributed by atoms with E-state index in [1.54, 1.807) is 18.2 Å². The highest BCUT2D eigenvalue weighted by Crippen LogP contribution is 2.45. The lowest BCUT2D eigenvalue weighted by Gasteiger charge is -2.45. The lowest BCUT2D eigenvalue weighted by molar-refractivity contribution is -0.199. The molecule has 0 aromatic heterocycles. The summed E-state index contributed by atoms with van der Waals surface area (Å²) in [5.41, 5.74) is 0. The van der Waals surface area contributed by atoms with Crippen LogP contribution in [-0.4, -0.2) is 61.0 Å². The van der Waals surface area contributed by atoms with Crippen LogP contribution in [0.4, 0.5) is 0 Å². The van der Waals surface area contributed by atoms with E-state index < -0.39 is 41.1 Å². The van der Waals surface area contributed by atoms with Gasteiger partial charge in [0.2, 0.25) is 0 Å². The van der Waals surface area contributed by atoms with E-state index in [0.29, 0.717) is 9.50 Å². The van der Waals surface area contributed by atoms with Gasteiger partial charge in [0, 0.05) is 36.6 Å². The van der Waals surface area contributed by atoms with Gasteiger partial charge in [0.05, 0.1) is 11.1 Å². The lowest BCUT2D eigenvalue weighted by Crippen LogP contribution is -2.57. The first-order valence-corrected chi connectivity index (χ1v) is 11.3. The molecule has 1 aromatic carbocycles. The van der Waals surface area contributed by atoms with Gasteiger partial charge in [-0.2, -0.15) is 0 Å². The molecular weight excluding hydrogens is 514 g/mol. The molecule has 1 aliphatic rings. The van der Waals surface area contributed by atoms with E-state index in [-0.39, 0.29) is 19.6 Å². The zero-order chi connectivity index (χ0) is 23.2. The van der Waals surface area contributed by atoms with Crippen LogP contribution in [0.15, 0.2) is 32.6 Å².